The van der Waals surface area contributed by atoms with Gasteiger partial charge in [-0.25, -0.2) is 4.98 Å². The predicted octanol–water partition coefficient (Wildman–Crippen LogP) is 2.75. The van der Waals surface area contributed by atoms with Gasteiger partial charge in [0, 0.05) is 18.9 Å². The number of ether oxygens (including phenoxy) is 1. The van der Waals surface area contributed by atoms with Crippen molar-refractivity contribution < 1.29 is 4.74 Å². The van der Waals surface area contributed by atoms with Gasteiger partial charge in [0.25, 0.3) is 0 Å². The molecule has 0 aliphatic rings. The monoisotopic (exact) mass is 247 g/mol. The van der Waals surface area contributed by atoms with Crippen LogP contribution < -0.4 is 10.5 Å². The summed E-state index contributed by atoms with van der Waals surface area (Å²) >= 11 is 0. The molecule has 4 nitrogen and oxygen atoms in total. The van der Waals surface area contributed by atoms with Gasteiger partial charge in [-0.05, 0) is 18.6 Å². The van der Waals surface area contributed by atoms with Gasteiger partial charge in [-0.15, -0.1) is 0 Å². The van der Waals surface area contributed by atoms with E-state index in [-0.39, 0.29) is 0 Å². The number of aromatic nitrogens is 2. The number of rotatable bonds is 7. The van der Waals surface area contributed by atoms with Crippen molar-refractivity contribution in [3.63, 3.8) is 0 Å². The van der Waals surface area contributed by atoms with E-state index >= 15 is 0 Å². The summed E-state index contributed by atoms with van der Waals surface area (Å²) < 4.78 is 7.76. The molecule has 0 aliphatic heterocycles. The van der Waals surface area contributed by atoms with Gasteiger partial charge in [0.1, 0.15) is 0 Å². The second-order valence-electron chi connectivity index (χ2n) is 4.45. The van der Waals surface area contributed by atoms with E-state index in [1.807, 2.05) is 28.9 Å². The van der Waals surface area contributed by atoms with Crippen LogP contribution in [0.2, 0.25) is 0 Å². The minimum atomic E-state index is 0.456. The molecule has 0 radical (unpaired) electrons. The quantitative estimate of drug-likeness (QED) is 0.765. The summed E-state index contributed by atoms with van der Waals surface area (Å²) in [5, 5.41) is 0. The first-order valence-electron chi connectivity index (χ1n) is 6.64. The lowest BCUT2D eigenvalue weighted by atomic mass is 10.2. The Morgan fingerprint density at radius 1 is 1.33 bits per heavy atom. The molecule has 0 saturated heterocycles. The Labute approximate surface area is 108 Å². The largest absolute Gasteiger partial charge is 0.490 e. The fourth-order valence-corrected chi connectivity index (χ4v) is 1.96. The Hall–Kier alpha value is -1.55. The highest BCUT2D eigenvalue weighted by atomic mass is 16.5. The molecule has 0 saturated carbocycles. The molecule has 2 N–H and O–H groups in total. The Kier molecular flexibility index (Phi) is 4.59. The van der Waals surface area contributed by atoms with Crippen LogP contribution in [0.5, 0.6) is 5.75 Å². The number of unbranched alkanes of at least 4 members (excludes halogenated alkanes) is 3. The maximum Gasteiger partial charge on any atom is 0.179 e. The van der Waals surface area contributed by atoms with Crippen LogP contribution in [0.4, 0.5) is 0 Å². The molecule has 2 rings (SSSR count). The maximum absolute atomic E-state index is 5.80. The molecule has 4 heteroatoms. The Morgan fingerprint density at radius 3 is 3.00 bits per heavy atom. The van der Waals surface area contributed by atoms with Gasteiger partial charge < -0.3 is 14.9 Å². The fourth-order valence-electron chi connectivity index (χ4n) is 1.96. The van der Waals surface area contributed by atoms with Crippen LogP contribution >= 0.6 is 0 Å². The van der Waals surface area contributed by atoms with E-state index < -0.39 is 0 Å². The van der Waals surface area contributed by atoms with Crippen molar-refractivity contribution in [3.05, 3.63) is 30.2 Å². The molecular weight excluding hydrogens is 226 g/mol. The van der Waals surface area contributed by atoms with Crippen LogP contribution in [-0.2, 0) is 6.54 Å². The number of pyridine rings is 1. The highest BCUT2D eigenvalue weighted by Gasteiger charge is 2.06. The van der Waals surface area contributed by atoms with Gasteiger partial charge in [-0.2, -0.15) is 0 Å². The number of hydrogen-bond acceptors (Lipinski definition) is 3. The topological polar surface area (TPSA) is 52.5 Å². The average Bonchev–Trinajstić information content (AvgIpc) is 2.82. The predicted molar refractivity (Wildman–Crippen MR) is 72.7 cm³/mol. The minimum Gasteiger partial charge on any atom is -0.490 e. The zero-order valence-corrected chi connectivity index (χ0v) is 10.9. The van der Waals surface area contributed by atoms with Crippen LogP contribution in [0.15, 0.2) is 24.5 Å². The third-order valence-corrected chi connectivity index (χ3v) is 2.96. The smallest absolute Gasteiger partial charge is 0.179 e. The second kappa shape index (κ2) is 6.40. The second-order valence-corrected chi connectivity index (χ2v) is 4.45. The fraction of sp³-hybridized carbons (Fsp3) is 0.500. The number of hydrogen-bond donors (Lipinski definition) is 1. The van der Waals surface area contributed by atoms with Crippen molar-refractivity contribution in [1.29, 1.82) is 0 Å². The Morgan fingerprint density at radius 2 is 2.22 bits per heavy atom. The molecule has 0 aromatic carbocycles. The molecular formula is C14H21N3O. The highest BCUT2D eigenvalue weighted by Crippen LogP contribution is 2.19. The van der Waals surface area contributed by atoms with Crippen LogP contribution in [0.1, 0.15) is 38.3 Å². The molecule has 0 amide bonds. The molecule has 18 heavy (non-hydrogen) atoms. The first kappa shape index (κ1) is 12.9. The summed E-state index contributed by atoms with van der Waals surface area (Å²) in [5.74, 6) is 0.841. The molecule has 0 unspecified atom stereocenters. The van der Waals surface area contributed by atoms with Crippen molar-refractivity contribution in [2.24, 2.45) is 5.73 Å². The van der Waals surface area contributed by atoms with Gasteiger partial charge in [0.15, 0.2) is 11.4 Å². The molecule has 98 valence electrons. The number of nitrogens with two attached hydrogens (primary N) is 1. The molecule has 0 spiro atoms. The van der Waals surface area contributed by atoms with E-state index in [2.05, 4.69) is 11.9 Å². The third-order valence-electron chi connectivity index (χ3n) is 2.96. The summed E-state index contributed by atoms with van der Waals surface area (Å²) in [7, 11) is 0. The lowest BCUT2D eigenvalue weighted by Gasteiger charge is -2.06. The van der Waals surface area contributed by atoms with Gasteiger partial charge in [0.2, 0.25) is 0 Å². The van der Waals surface area contributed by atoms with Crippen molar-refractivity contribution >= 4 is 5.65 Å². The minimum absolute atomic E-state index is 0.456. The van der Waals surface area contributed by atoms with Gasteiger partial charge in [-0.3, -0.25) is 0 Å². The molecule has 2 aromatic heterocycles. The number of fused-ring (bicyclic) bond motifs is 1. The van der Waals surface area contributed by atoms with E-state index in [1.165, 1.54) is 19.3 Å². The van der Waals surface area contributed by atoms with E-state index in [1.54, 1.807) is 0 Å². The van der Waals surface area contributed by atoms with Crippen LogP contribution in [0.3, 0.4) is 0 Å². The van der Waals surface area contributed by atoms with Crippen molar-refractivity contribution in [1.82, 2.24) is 9.38 Å². The molecule has 0 atom stereocenters. The van der Waals surface area contributed by atoms with E-state index in [4.69, 9.17) is 10.5 Å². The Bertz CT molecular complexity index is 493. The third kappa shape index (κ3) is 3.01. The van der Waals surface area contributed by atoms with E-state index in [0.717, 1.165) is 30.1 Å². The summed E-state index contributed by atoms with van der Waals surface area (Å²) in [5.41, 5.74) is 7.34. The first-order valence-corrected chi connectivity index (χ1v) is 6.64. The summed E-state index contributed by atoms with van der Waals surface area (Å²) in [6.07, 6.45) is 8.75. The molecule has 2 aromatic rings. The number of imidazole rings is 1. The van der Waals surface area contributed by atoms with Crippen molar-refractivity contribution in [2.45, 2.75) is 39.2 Å². The summed E-state index contributed by atoms with van der Waals surface area (Å²) in [6.45, 7) is 3.42. The summed E-state index contributed by atoms with van der Waals surface area (Å²) in [4.78, 5) is 4.46. The zero-order valence-electron chi connectivity index (χ0n) is 10.9. The normalized spacial score (nSPS) is 11.0. The van der Waals surface area contributed by atoms with E-state index in [9.17, 15) is 0 Å². The number of nitrogens with zero attached hydrogens (tertiary/aromatic N) is 2. The average molecular weight is 247 g/mol. The van der Waals surface area contributed by atoms with Crippen molar-refractivity contribution in [3.8, 4) is 5.75 Å². The SMILES string of the molecule is CCCCCCOc1cccn2cc(CN)nc12. The van der Waals surface area contributed by atoms with E-state index in [0.29, 0.717) is 6.54 Å². The Balaban J connectivity index is 2.01. The van der Waals surface area contributed by atoms with Gasteiger partial charge >= 0.3 is 0 Å². The molecule has 2 heterocycles. The maximum atomic E-state index is 5.80. The highest BCUT2D eigenvalue weighted by molar-refractivity contribution is 5.54. The molecule has 0 aliphatic carbocycles. The first-order chi connectivity index (χ1) is 8.85. The van der Waals surface area contributed by atoms with Gasteiger partial charge in [0.05, 0.1) is 12.3 Å². The van der Waals surface area contributed by atoms with Crippen molar-refractivity contribution in [2.75, 3.05) is 6.61 Å². The lowest BCUT2D eigenvalue weighted by Crippen LogP contribution is -1.99. The molecule has 0 fully saturated rings. The lowest BCUT2D eigenvalue weighted by molar-refractivity contribution is 0.307. The zero-order chi connectivity index (χ0) is 12.8. The van der Waals surface area contributed by atoms with Gasteiger partial charge in [-0.1, -0.05) is 26.2 Å². The van der Waals surface area contributed by atoms with Crippen LogP contribution in [0, 0.1) is 0 Å². The van der Waals surface area contributed by atoms with Crippen LogP contribution in [0.25, 0.3) is 5.65 Å². The van der Waals surface area contributed by atoms with Crippen LogP contribution in [-0.4, -0.2) is 16.0 Å². The molecule has 0 bridgehead atoms. The standard InChI is InChI=1S/C14H21N3O/c1-2-3-4-5-9-18-13-7-6-8-17-11-12(10-15)16-14(13)17/h6-8,11H,2-5,9-10,15H2,1H3. The summed E-state index contributed by atoms with van der Waals surface area (Å²) in [6, 6.07) is 3.93.